The van der Waals surface area contributed by atoms with Crippen molar-refractivity contribution in [3.05, 3.63) is 17.8 Å². The van der Waals surface area contributed by atoms with Gasteiger partial charge in [-0.2, -0.15) is 13.2 Å². The quantitative estimate of drug-likeness (QED) is 0.808. The summed E-state index contributed by atoms with van der Waals surface area (Å²) in [6, 6.07) is 1.71. The van der Waals surface area contributed by atoms with Gasteiger partial charge in [0.15, 0.2) is 0 Å². The highest BCUT2D eigenvalue weighted by atomic mass is 32.2. The highest BCUT2D eigenvalue weighted by Crippen LogP contribution is 2.29. The van der Waals surface area contributed by atoms with Crippen LogP contribution in [0.25, 0.3) is 0 Å². The first-order valence-corrected chi connectivity index (χ1v) is 5.54. The van der Waals surface area contributed by atoms with Gasteiger partial charge in [0.25, 0.3) is 0 Å². The summed E-state index contributed by atoms with van der Waals surface area (Å²) in [5.74, 6) is 0.520. The van der Waals surface area contributed by atoms with E-state index in [4.69, 9.17) is 5.73 Å². The fourth-order valence-electron chi connectivity index (χ4n) is 1.12. The summed E-state index contributed by atoms with van der Waals surface area (Å²) in [6.45, 7) is 2.00. The molecule has 1 aromatic rings. The molecule has 0 aliphatic heterocycles. The molecule has 0 aromatic carbocycles. The predicted molar refractivity (Wildman–Crippen MR) is 60.4 cm³/mol. The lowest BCUT2D eigenvalue weighted by Crippen LogP contribution is -2.11. The zero-order valence-corrected chi connectivity index (χ0v) is 9.45. The number of anilines is 2. The maximum absolute atomic E-state index is 11.8. The van der Waals surface area contributed by atoms with E-state index in [1.807, 2.05) is 0 Å². The van der Waals surface area contributed by atoms with Crippen LogP contribution >= 0.6 is 11.8 Å². The number of pyridine rings is 1. The van der Waals surface area contributed by atoms with Gasteiger partial charge < -0.3 is 11.1 Å². The van der Waals surface area contributed by atoms with Gasteiger partial charge in [-0.1, -0.05) is 0 Å². The van der Waals surface area contributed by atoms with Crippen LogP contribution in [0.1, 0.15) is 5.56 Å². The first-order valence-electron chi connectivity index (χ1n) is 4.55. The predicted octanol–water partition coefficient (Wildman–Crippen LogP) is 2.64. The van der Waals surface area contributed by atoms with E-state index >= 15 is 0 Å². The molecule has 16 heavy (non-hydrogen) atoms. The molecule has 3 nitrogen and oxygen atoms in total. The number of aromatic nitrogens is 1. The topological polar surface area (TPSA) is 50.9 Å². The van der Waals surface area contributed by atoms with Gasteiger partial charge in [0, 0.05) is 12.3 Å². The largest absolute Gasteiger partial charge is 0.441 e. The molecule has 3 N–H and O–H groups in total. The van der Waals surface area contributed by atoms with Crippen LogP contribution in [0, 0.1) is 6.92 Å². The van der Waals surface area contributed by atoms with Crippen molar-refractivity contribution >= 4 is 23.3 Å². The summed E-state index contributed by atoms with van der Waals surface area (Å²) < 4.78 is 35.4. The molecule has 90 valence electrons. The van der Waals surface area contributed by atoms with E-state index in [0.29, 0.717) is 11.5 Å². The van der Waals surface area contributed by atoms with Gasteiger partial charge in [-0.3, -0.25) is 0 Å². The van der Waals surface area contributed by atoms with Gasteiger partial charge in [-0.25, -0.2) is 4.98 Å². The molecular weight excluding hydrogens is 239 g/mol. The van der Waals surface area contributed by atoms with Crippen molar-refractivity contribution < 1.29 is 13.2 Å². The van der Waals surface area contributed by atoms with E-state index in [9.17, 15) is 13.2 Å². The lowest BCUT2D eigenvalue weighted by Gasteiger charge is -2.09. The van der Waals surface area contributed by atoms with Crippen LogP contribution in [0.15, 0.2) is 12.3 Å². The average Bonchev–Trinajstić information content (AvgIpc) is 2.13. The smallest absolute Gasteiger partial charge is 0.397 e. The highest BCUT2D eigenvalue weighted by molar-refractivity contribution is 8.00. The van der Waals surface area contributed by atoms with Crippen molar-refractivity contribution in [2.24, 2.45) is 0 Å². The van der Waals surface area contributed by atoms with Gasteiger partial charge in [0.1, 0.15) is 5.82 Å². The molecule has 0 spiro atoms. The highest BCUT2D eigenvalue weighted by Gasteiger charge is 2.27. The van der Waals surface area contributed by atoms with E-state index in [2.05, 4.69) is 10.3 Å². The number of nitrogens with two attached hydrogens (primary N) is 1. The third-order valence-corrected chi connectivity index (χ3v) is 2.50. The summed E-state index contributed by atoms with van der Waals surface area (Å²) in [5, 5.41) is 2.83. The Kier molecular flexibility index (Phi) is 4.28. The number of aryl methyl sites for hydroxylation is 1. The molecule has 7 heteroatoms. The van der Waals surface area contributed by atoms with Gasteiger partial charge in [0.2, 0.25) is 0 Å². The van der Waals surface area contributed by atoms with Gasteiger partial charge in [-0.15, -0.1) is 0 Å². The van der Waals surface area contributed by atoms with Crippen molar-refractivity contribution in [3.63, 3.8) is 0 Å². The fourth-order valence-corrected chi connectivity index (χ4v) is 1.55. The first kappa shape index (κ1) is 13.0. The van der Waals surface area contributed by atoms with Crippen molar-refractivity contribution in [2.45, 2.75) is 12.4 Å². The minimum atomic E-state index is -4.18. The van der Waals surface area contributed by atoms with Crippen molar-refractivity contribution in [2.75, 3.05) is 23.3 Å². The summed E-state index contributed by atoms with van der Waals surface area (Å²) in [7, 11) is 0. The van der Waals surface area contributed by atoms with Crippen molar-refractivity contribution in [1.29, 1.82) is 0 Å². The molecule has 0 aliphatic rings. The number of rotatable bonds is 4. The number of hydrogen-bond acceptors (Lipinski definition) is 4. The van der Waals surface area contributed by atoms with Crippen LogP contribution < -0.4 is 11.1 Å². The third kappa shape index (κ3) is 4.61. The van der Waals surface area contributed by atoms with Crippen LogP contribution in [0.3, 0.4) is 0 Å². The van der Waals surface area contributed by atoms with Crippen LogP contribution in [0.4, 0.5) is 24.7 Å². The number of nitrogens with one attached hydrogen (secondary N) is 1. The molecule has 1 heterocycles. The van der Waals surface area contributed by atoms with E-state index in [-0.39, 0.29) is 24.1 Å². The van der Waals surface area contributed by atoms with Gasteiger partial charge in [-0.05, 0) is 30.3 Å². The number of halogens is 3. The monoisotopic (exact) mass is 251 g/mol. The van der Waals surface area contributed by atoms with Crippen LogP contribution in [0.2, 0.25) is 0 Å². The molecule has 0 saturated heterocycles. The van der Waals surface area contributed by atoms with Crippen molar-refractivity contribution in [3.8, 4) is 0 Å². The number of nitrogen functional groups attached to an aromatic ring is 1. The molecule has 0 radical (unpaired) electrons. The Morgan fingerprint density at radius 2 is 2.19 bits per heavy atom. The normalized spacial score (nSPS) is 11.5. The zero-order chi connectivity index (χ0) is 12.2. The molecule has 0 atom stereocenters. The summed E-state index contributed by atoms with van der Waals surface area (Å²) in [5.41, 5.74) is 2.67. The number of hydrogen-bond donors (Lipinski definition) is 2. The van der Waals surface area contributed by atoms with Crippen LogP contribution in [-0.4, -0.2) is 22.8 Å². The molecular formula is C9H12F3N3S. The number of alkyl halides is 3. The molecule has 1 aromatic heterocycles. The second-order valence-electron chi connectivity index (χ2n) is 3.16. The fraction of sp³-hybridized carbons (Fsp3) is 0.444. The Bertz CT molecular complexity index is 354. The Hall–Kier alpha value is -1.11. The van der Waals surface area contributed by atoms with E-state index in [1.165, 1.54) is 6.20 Å². The van der Waals surface area contributed by atoms with E-state index in [1.54, 1.807) is 13.0 Å². The maximum atomic E-state index is 11.8. The molecule has 0 bridgehead atoms. The summed E-state index contributed by atoms with van der Waals surface area (Å²) >= 11 is -0.0531. The van der Waals surface area contributed by atoms with Crippen molar-refractivity contribution in [1.82, 2.24) is 4.98 Å². The van der Waals surface area contributed by atoms with E-state index < -0.39 is 5.51 Å². The SMILES string of the molecule is Cc1cc(N)cnc1NCCSC(F)(F)F. The molecule has 0 unspecified atom stereocenters. The molecule has 0 fully saturated rings. The molecule has 1 rings (SSSR count). The third-order valence-electron chi connectivity index (χ3n) is 1.76. The maximum Gasteiger partial charge on any atom is 0.441 e. The van der Waals surface area contributed by atoms with Crippen LogP contribution in [0.5, 0.6) is 0 Å². The first-order chi connectivity index (χ1) is 7.38. The summed E-state index contributed by atoms with van der Waals surface area (Å²) in [4.78, 5) is 3.99. The zero-order valence-electron chi connectivity index (χ0n) is 8.64. The Morgan fingerprint density at radius 1 is 1.50 bits per heavy atom. The number of thioether (sulfide) groups is 1. The average molecular weight is 251 g/mol. The molecule has 0 aliphatic carbocycles. The lowest BCUT2D eigenvalue weighted by molar-refractivity contribution is -0.0327. The molecule has 0 amide bonds. The lowest BCUT2D eigenvalue weighted by atomic mass is 10.2. The Labute approximate surface area is 95.6 Å². The van der Waals surface area contributed by atoms with Crippen LogP contribution in [-0.2, 0) is 0 Å². The Morgan fingerprint density at radius 3 is 2.75 bits per heavy atom. The van der Waals surface area contributed by atoms with Gasteiger partial charge >= 0.3 is 5.51 Å². The second-order valence-corrected chi connectivity index (χ2v) is 4.31. The van der Waals surface area contributed by atoms with Gasteiger partial charge in [0.05, 0.1) is 11.9 Å². The number of nitrogens with zero attached hydrogens (tertiary/aromatic N) is 1. The minimum Gasteiger partial charge on any atom is -0.397 e. The molecule has 0 saturated carbocycles. The summed E-state index contributed by atoms with van der Waals surface area (Å²) in [6.07, 6.45) is 1.46. The second kappa shape index (κ2) is 5.29. The standard InChI is InChI=1S/C9H12F3N3S/c1-6-4-7(13)5-15-8(6)14-2-3-16-9(10,11)12/h4-5H,2-3,13H2,1H3,(H,14,15). The minimum absolute atomic E-state index is 0.0466. The van der Waals surface area contributed by atoms with E-state index in [0.717, 1.165) is 5.56 Å². The Balaban J connectivity index is 2.38.